The number of halogens is 1. The van der Waals surface area contributed by atoms with Crippen LogP contribution < -0.4 is 5.32 Å². The first-order valence-corrected chi connectivity index (χ1v) is 6.74. The van der Waals surface area contributed by atoms with Gasteiger partial charge in [-0.1, -0.05) is 12.1 Å². The molecular weight excluding hydrogens is 265 g/mol. The molecule has 0 fully saturated rings. The van der Waals surface area contributed by atoms with Crippen LogP contribution in [0.25, 0.3) is 0 Å². The van der Waals surface area contributed by atoms with E-state index in [9.17, 15) is 9.18 Å². The Bertz CT molecular complexity index is 582. The summed E-state index contributed by atoms with van der Waals surface area (Å²) in [6, 6.07) is 8.10. The van der Waals surface area contributed by atoms with Crippen LogP contribution in [0.3, 0.4) is 0 Å². The molecule has 5 heteroatoms. The van der Waals surface area contributed by atoms with E-state index < -0.39 is 5.97 Å². The van der Waals surface area contributed by atoms with Gasteiger partial charge < -0.3 is 10.4 Å². The molecule has 0 radical (unpaired) electrons. The minimum absolute atomic E-state index is 0.00563. The van der Waals surface area contributed by atoms with Crippen LogP contribution in [0.2, 0.25) is 0 Å². The lowest BCUT2D eigenvalue weighted by atomic mass is 10.1. The maximum atomic E-state index is 13.1. The summed E-state index contributed by atoms with van der Waals surface area (Å²) in [5.74, 6) is -1.17. The number of aromatic carboxylic acids is 1. The van der Waals surface area contributed by atoms with Gasteiger partial charge in [0.2, 0.25) is 0 Å². The van der Waals surface area contributed by atoms with Gasteiger partial charge in [-0.05, 0) is 30.7 Å². The van der Waals surface area contributed by atoms with Gasteiger partial charge in [-0.25, -0.2) is 9.18 Å². The lowest BCUT2D eigenvalue weighted by Gasteiger charge is -2.13. The summed E-state index contributed by atoms with van der Waals surface area (Å²) in [7, 11) is 0. The molecule has 0 unspecified atom stereocenters. The van der Waals surface area contributed by atoms with Crippen LogP contribution in [-0.2, 0) is 6.54 Å². The Morgan fingerprint density at radius 1 is 1.47 bits per heavy atom. The fourth-order valence-electron chi connectivity index (χ4n) is 1.73. The number of hydrogen-bond donors (Lipinski definition) is 2. The smallest absolute Gasteiger partial charge is 0.336 e. The molecule has 0 amide bonds. The molecule has 0 spiro atoms. The number of benzene rings is 1. The number of nitrogens with one attached hydrogen (secondary N) is 1. The molecule has 0 saturated carbocycles. The normalized spacial score (nSPS) is 12.3. The first-order valence-electron chi connectivity index (χ1n) is 5.86. The summed E-state index contributed by atoms with van der Waals surface area (Å²) in [5.41, 5.74) is 1.18. The highest BCUT2D eigenvalue weighted by atomic mass is 32.1. The molecule has 0 aliphatic rings. The van der Waals surface area contributed by atoms with Crippen LogP contribution in [0.5, 0.6) is 0 Å². The second kappa shape index (κ2) is 5.95. The number of carbonyl (C=O) groups is 1. The summed E-state index contributed by atoms with van der Waals surface area (Å²) in [6.45, 7) is 2.51. The first-order chi connectivity index (χ1) is 9.06. The van der Waals surface area contributed by atoms with E-state index >= 15 is 0 Å². The zero-order valence-corrected chi connectivity index (χ0v) is 11.2. The summed E-state index contributed by atoms with van der Waals surface area (Å²) in [4.78, 5) is 11.7. The molecule has 1 aromatic heterocycles. The molecule has 3 nitrogen and oxygen atoms in total. The monoisotopic (exact) mass is 279 g/mol. The highest BCUT2D eigenvalue weighted by Gasteiger charge is 2.09. The summed E-state index contributed by atoms with van der Waals surface area (Å²) >= 11 is 1.40. The second-order valence-corrected chi connectivity index (χ2v) is 5.26. The minimum Gasteiger partial charge on any atom is -0.478 e. The quantitative estimate of drug-likeness (QED) is 0.881. The average Bonchev–Trinajstić information content (AvgIpc) is 2.85. The third-order valence-corrected chi connectivity index (χ3v) is 3.77. The molecule has 0 bridgehead atoms. The fraction of sp³-hybridized carbons (Fsp3) is 0.214. The van der Waals surface area contributed by atoms with Crippen LogP contribution in [0, 0.1) is 5.82 Å². The lowest BCUT2D eigenvalue weighted by Crippen LogP contribution is -2.17. The van der Waals surface area contributed by atoms with Crippen molar-refractivity contribution in [3.63, 3.8) is 0 Å². The van der Waals surface area contributed by atoms with E-state index in [0.29, 0.717) is 12.1 Å². The van der Waals surface area contributed by atoms with Gasteiger partial charge >= 0.3 is 5.97 Å². The second-order valence-electron chi connectivity index (χ2n) is 4.26. The number of thiophene rings is 1. The van der Waals surface area contributed by atoms with Crippen molar-refractivity contribution in [1.29, 1.82) is 0 Å². The van der Waals surface area contributed by atoms with Gasteiger partial charge in [0, 0.05) is 22.8 Å². The predicted molar refractivity (Wildman–Crippen MR) is 72.9 cm³/mol. The van der Waals surface area contributed by atoms with Crippen LogP contribution >= 0.6 is 11.3 Å². The maximum absolute atomic E-state index is 13.1. The third-order valence-electron chi connectivity index (χ3n) is 2.83. The van der Waals surface area contributed by atoms with Crippen LogP contribution in [0.15, 0.2) is 35.7 Å². The van der Waals surface area contributed by atoms with E-state index in [1.165, 1.54) is 23.5 Å². The van der Waals surface area contributed by atoms with Crippen molar-refractivity contribution < 1.29 is 14.3 Å². The van der Waals surface area contributed by atoms with E-state index in [1.807, 2.05) is 13.0 Å². The Hall–Kier alpha value is -1.72. The van der Waals surface area contributed by atoms with Gasteiger partial charge in [0.1, 0.15) is 5.82 Å². The number of carboxylic acid groups (broad SMARTS) is 1. The van der Waals surface area contributed by atoms with Gasteiger partial charge in [0.25, 0.3) is 0 Å². The number of carboxylic acids is 1. The van der Waals surface area contributed by atoms with Gasteiger partial charge in [0.15, 0.2) is 0 Å². The molecule has 100 valence electrons. The van der Waals surface area contributed by atoms with Crippen molar-refractivity contribution in [2.24, 2.45) is 0 Å². The maximum Gasteiger partial charge on any atom is 0.336 e. The molecular formula is C14H14FNO2S. The van der Waals surface area contributed by atoms with Gasteiger partial charge in [-0.2, -0.15) is 0 Å². The summed E-state index contributed by atoms with van der Waals surface area (Å²) in [6.07, 6.45) is 0. The van der Waals surface area contributed by atoms with E-state index in [4.69, 9.17) is 5.11 Å². The van der Waals surface area contributed by atoms with Gasteiger partial charge in [0.05, 0.1) is 5.56 Å². The number of hydrogen-bond acceptors (Lipinski definition) is 3. The highest BCUT2D eigenvalue weighted by Crippen LogP contribution is 2.18. The molecule has 2 N–H and O–H groups in total. The van der Waals surface area contributed by atoms with Gasteiger partial charge in [-0.15, -0.1) is 11.3 Å². The summed E-state index contributed by atoms with van der Waals surface area (Å²) < 4.78 is 13.1. The molecule has 0 saturated heterocycles. The Morgan fingerprint density at radius 2 is 2.26 bits per heavy atom. The predicted octanol–water partition coefficient (Wildman–Crippen LogP) is 3.44. The lowest BCUT2D eigenvalue weighted by molar-refractivity contribution is 0.0697. The third kappa shape index (κ3) is 3.62. The van der Waals surface area contributed by atoms with Crippen molar-refractivity contribution in [2.75, 3.05) is 0 Å². The zero-order valence-electron chi connectivity index (χ0n) is 10.4. The largest absolute Gasteiger partial charge is 0.478 e. The van der Waals surface area contributed by atoms with E-state index in [2.05, 4.69) is 5.32 Å². The van der Waals surface area contributed by atoms with Crippen molar-refractivity contribution in [3.05, 3.63) is 57.5 Å². The summed E-state index contributed by atoms with van der Waals surface area (Å²) in [5, 5.41) is 13.7. The van der Waals surface area contributed by atoms with Crippen LogP contribution in [0.1, 0.15) is 33.8 Å². The molecule has 1 heterocycles. The SMILES string of the molecule is C[C@H](NCc1cc(C(=O)O)cs1)c1cccc(F)c1. The molecule has 1 aromatic carbocycles. The Labute approximate surface area is 114 Å². The standard InChI is InChI=1S/C14H14FNO2S/c1-9(10-3-2-4-12(15)5-10)16-7-13-6-11(8-19-13)14(17)18/h2-6,8-9,16H,7H2,1H3,(H,17,18)/t9-/m0/s1. The van der Waals surface area contributed by atoms with Gasteiger partial charge in [-0.3, -0.25) is 0 Å². The number of rotatable bonds is 5. The van der Waals surface area contributed by atoms with Crippen LogP contribution in [0.4, 0.5) is 4.39 Å². The van der Waals surface area contributed by atoms with Crippen LogP contribution in [-0.4, -0.2) is 11.1 Å². The molecule has 1 atom stereocenters. The average molecular weight is 279 g/mol. The Morgan fingerprint density at radius 3 is 2.89 bits per heavy atom. The van der Waals surface area contributed by atoms with Crippen molar-refractivity contribution in [3.8, 4) is 0 Å². The Balaban J connectivity index is 1.96. The Kier molecular flexibility index (Phi) is 4.29. The van der Waals surface area contributed by atoms with E-state index in [-0.39, 0.29) is 11.9 Å². The first kappa shape index (κ1) is 13.7. The molecule has 2 aromatic rings. The topological polar surface area (TPSA) is 49.3 Å². The molecule has 0 aliphatic heterocycles. The minimum atomic E-state index is -0.916. The molecule has 2 rings (SSSR count). The van der Waals surface area contributed by atoms with Crippen molar-refractivity contribution in [1.82, 2.24) is 5.32 Å². The van der Waals surface area contributed by atoms with Crippen molar-refractivity contribution in [2.45, 2.75) is 19.5 Å². The van der Waals surface area contributed by atoms with E-state index in [1.54, 1.807) is 17.5 Å². The highest BCUT2D eigenvalue weighted by molar-refractivity contribution is 7.10. The zero-order chi connectivity index (χ0) is 13.8. The molecule has 19 heavy (non-hydrogen) atoms. The molecule has 0 aliphatic carbocycles. The van der Waals surface area contributed by atoms with Crippen molar-refractivity contribution >= 4 is 17.3 Å². The fourth-order valence-corrected chi connectivity index (χ4v) is 2.54. The van der Waals surface area contributed by atoms with E-state index in [0.717, 1.165) is 10.4 Å².